The summed E-state index contributed by atoms with van der Waals surface area (Å²) in [6.07, 6.45) is 1.49. The zero-order valence-electron chi connectivity index (χ0n) is 18.9. The highest BCUT2D eigenvalue weighted by molar-refractivity contribution is 7.92. The first-order valence-electron chi connectivity index (χ1n) is 10.4. The smallest absolute Gasteiger partial charge is 0.253 e. The van der Waals surface area contributed by atoms with Crippen molar-refractivity contribution in [3.05, 3.63) is 54.1 Å². The highest BCUT2D eigenvalue weighted by atomic mass is 32.2. The molecule has 2 rings (SSSR count). The van der Waals surface area contributed by atoms with E-state index in [-0.39, 0.29) is 24.8 Å². The van der Waals surface area contributed by atoms with E-state index in [1.54, 1.807) is 48.5 Å². The lowest BCUT2D eigenvalue weighted by atomic mass is 10.1. The second-order valence-corrected chi connectivity index (χ2v) is 9.71. The SMILES string of the molecule is COc1ccccc1N(CCCC(=O)Nc1ccccc1C(=O)NCC(C)C)S(C)(=O)=O. The van der Waals surface area contributed by atoms with E-state index in [1.165, 1.54) is 11.4 Å². The summed E-state index contributed by atoms with van der Waals surface area (Å²) in [6.45, 7) is 4.64. The maximum atomic E-state index is 12.5. The Kier molecular flexibility index (Phi) is 9.07. The molecule has 0 saturated heterocycles. The Hall–Kier alpha value is -3.07. The minimum absolute atomic E-state index is 0.0864. The molecule has 0 radical (unpaired) electrons. The molecule has 2 aromatic carbocycles. The zero-order chi connectivity index (χ0) is 23.7. The summed E-state index contributed by atoms with van der Waals surface area (Å²) in [5.41, 5.74) is 1.22. The van der Waals surface area contributed by atoms with Crippen molar-refractivity contribution in [2.75, 3.05) is 36.1 Å². The molecule has 2 amide bonds. The first-order valence-corrected chi connectivity index (χ1v) is 12.3. The summed E-state index contributed by atoms with van der Waals surface area (Å²) in [7, 11) is -2.10. The molecule has 0 aliphatic rings. The Morgan fingerprint density at radius 2 is 1.72 bits per heavy atom. The average Bonchev–Trinajstić information content (AvgIpc) is 2.74. The van der Waals surface area contributed by atoms with E-state index in [1.807, 2.05) is 13.8 Å². The predicted octanol–water partition coefficient (Wildman–Crippen LogP) is 3.27. The minimum Gasteiger partial charge on any atom is -0.495 e. The molecule has 0 aliphatic heterocycles. The van der Waals surface area contributed by atoms with Crippen LogP contribution in [0.5, 0.6) is 5.75 Å². The molecular weight excluding hydrogens is 430 g/mol. The van der Waals surface area contributed by atoms with Crippen molar-refractivity contribution in [3.8, 4) is 5.75 Å². The third-order valence-corrected chi connectivity index (χ3v) is 5.82. The summed E-state index contributed by atoms with van der Waals surface area (Å²) >= 11 is 0. The Labute approximate surface area is 190 Å². The van der Waals surface area contributed by atoms with Crippen LogP contribution in [-0.2, 0) is 14.8 Å². The van der Waals surface area contributed by atoms with E-state index in [0.717, 1.165) is 6.26 Å². The van der Waals surface area contributed by atoms with E-state index in [4.69, 9.17) is 4.74 Å². The lowest BCUT2D eigenvalue weighted by Crippen LogP contribution is -2.32. The summed E-state index contributed by atoms with van der Waals surface area (Å²) in [5, 5.41) is 5.60. The van der Waals surface area contributed by atoms with Gasteiger partial charge < -0.3 is 15.4 Å². The number of sulfonamides is 1. The number of ether oxygens (including phenoxy) is 1. The lowest BCUT2D eigenvalue weighted by molar-refractivity contribution is -0.116. The number of carbonyl (C=O) groups excluding carboxylic acids is 2. The molecule has 8 nitrogen and oxygen atoms in total. The number of hydrogen-bond acceptors (Lipinski definition) is 5. The van der Waals surface area contributed by atoms with Gasteiger partial charge in [-0.15, -0.1) is 0 Å². The first kappa shape index (κ1) is 25.2. The number of anilines is 2. The Balaban J connectivity index is 2.03. The Morgan fingerprint density at radius 1 is 1.06 bits per heavy atom. The summed E-state index contributed by atoms with van der Waals surface area (Å²) < 4.78 is 31.1. The van der Waals surface area contributed by atoms with Crippen LogP contribution in [-0.4, -0.2) is 46.7 Å². The molecule has 0 unspecified atom stereocenters. The number of hydrogen-bond donors (Lipinski definition) is 2. The number of amides is 2. The van der Waals surface area contributed by atoms with Crippen LogP contribution < -0.4 is 19.7 Å². The number of methoxy groups -OCH3 is 1. The van der Waals surface area contributed by atoms with Crippen molar-refractivity contribution >= 4 is 33.2 Å². The van der Waals surface area contributed by atoms with Gasteiger partial charge >= 0.3 is 0 Å². The maximum absolute atomic E-state index is 12.5. The molecule has 0 heterocycles. The van der Waals surface area contributed by atoms with Gasteiger partial charge in [0.2, 0.25) is 15.9 Å². The molecule has 0 spiro atoms. The molecule has 0 atom stereocenters. The highest BCUT2D eigenvalue weighted by Crippen LogP contribution is 2.29. The van der Waals surface area contributed by atoms with Crippen LogP contribution in [0, 0.1) is 5.92 Å². The quantitative estimate of drug-likeness (QED) is 0.534. The van der Waals surface area contributed by atoms with Crippen molar-refractivity contribution < 1.29 is 22.7 Å². The molecule has 9 heteroatoms. The normalized spacial score (nSPS) is 11.2. The largest absolute Gasteiger partial charge is 0.495 e. The molecule has 174 valence electrons. The van der Waals surface area contributed by atoms with Gasteiger partial charge in [-0.2, -0.15) is 0 Å². The van der Waals surface area contributed by atoms with Crippen molar-refractivity contribution in [1.29, 1.82) is 0 Å². The fourth-order valence-corrected chi connectivity index (χ4v) is 4.05. The van der Waals surface area contributed by atoms with E-state index in [2.05, 4.69) is 10.6 Å². The highest BCUT2D eigenvalue weighted by Gasteiger charge is 2.21. The monoisotopic (exact) mass is 461 g/mol. The molecule has 0 aliphatic carbocycles. The Bertz CT molecular complexity index is 1040. The van der Waals surface area contributed by atoms with Gasteiger partial charge in [0, 0.05) is 19.5 Å². The van der Waals surface area contributed by atoms with Gasteiger partial charge in [-0.05, 0) is 36.6 Å². The molecule has 2 aromatic rings. The molecular formula is C23H31N3O5S. The lowest BCUT2D eigenvalue weighted by Gasteiger charge is -2.24. The maximum Gasteiger partial charge on any atom is 0.253 e. The van der Waals surface area contributed by atoms with Gasteiger partial charge in [0.05, 0.1) is 30.3 Å². The van der Waals surface area contributed by atoms with Gasteiger partial charge in [0.15, 0.2) is 0 Å². The minimum atomic E-state index is -3.57. The van der Waals surface area contributed by atoms with Gasteiger partial charge in [-0.3, -0.25) is 13.9 Å². The van der Waals surface area contributed by atoms with Crippen molar-refractivity contribution in [3.63, 3.8) is 0 Å². The van der Waals surface area contributed by atoms with Crippen LogP contribution in [0.1, 0.15) is 37.0 Å². The fourth-order valence-electron chi connectivity index (χ4n) is 3.08. The van der Waals surface area contributed by atoms with Crippen LogP contribution in [0.3, 0.4) is 0 Å². The second-order valence-electron chi connectivity index (χ2n) is 7.81. The number of carbonyl (C=O) groups is 2. The van der Waals surface area contributed by atoms with Crippen LogP contribution in [0.4, 0.5) is 11.4 Å². The summed E-state index contributed by atoms with van der Waals surface area (Å²) in [4.78, 5) is 24.9. The zero-order valence-corrected chi connectivity index (χ0v) is 19.7. The van der Waals surface area contributed by atoms with Crippen molar-refractivity contribution in [2.45, 2.75) is 26.7 Å². The predicted molar refractivity (Wildman–Crippen MR) is 127 cm³/mol. The van der Waals surface area contributed by atoms with Gasteiger partial charge in [0.25, 0.3) is 5.91 Å². The topological polar surface area (TPSA) is 105 Å². The molecule has 32 heavy (non-hydrogen) atoms. The third kappa shape index (κ3) is 7.26. The van der Waals surface area contributed by atoms with E-state index in [9.17, 15) is 18.0 Å². The number of nitrogens with one attached hydrogen (secondary N) is 2. The Morgan fingerprint density at radius 3 is 2.38 bits per heavy atom. The fraction of sp³-hybridized carbons (Fsp3) is 0.391. The summed E-state index contributed by atoms with van der Waals surface area (Å²) in [5.74, 6) is 0.182. The van der Waals surface area contributed by atoms with E-state index >= 15 is 0 Å². The van der Waals surface area contributed by atoms with E-state index in [0.29, 0.717) is 41.6 Å². The molecule has 0 fully saturated rings. The van der Waals surface area contributed by atoms with Gasteiger partial charge in [0.1, 0.15) is 5.75 Å². The number of benzene rings is 2. The standard InChI is InChI=1S/C23H31N3O5S/c1-17(2)16-24-23(28)18-10-5-6-11-19(18)25-22(27)14-9-15-26(32(4,29)30)20-12-7-8-13-21(20)31-3/h5-8,10-13,17H,9,14-16H2,1-4H3,(H,24,28)(H,25,27). The van der Waals surface area contributed by atoms with Crippen molar-refractivity contribution in [2.24, 2.45) is 5.92 Å². The molecule has 0 bridgehead atoms. The third-order valence-electron chi connectivity index (χ3n) is 4.64. The van der Waals surface area contributed by atoms with Crippen LogP contribution in [0.2, 0.25) is 0 Å². The first-order chi connectivity index (χ1) is 15.1. The van der Waals surface area contributed by atoms with Gasteiger partial charge in [-0.1, -0.05) is 38.1 Å². The molecule has 0 saturated carbocycles. The van der Waals surface area contributed by atoms with Crippen LogP contribution >= 0.6 is 0 Å². The molecule has 2 N–H and O–H groups in total. The summed E-state index contributed by atoms with van der Waals surface area (Å²) in [6, 6.07) is 13.6. The molecule has 0 aromatic heterocycles. The number of para-hydroxylation sites is 3. The van der Waals surface area contributed by atoms with Crippen molar-refractivity contribution in [1.82, 2.24) is 5.32 Å². The van der Waals surface area contributed by atoms with Crippen LogP contribution in [0.25, 0.3) is 0 Å². The van der Waals surface area contributed by atoms with Gasteiger partial charge in [-0.25, -0.2) is 8.42 Å². The number of nitrogens with zero attached hydrogens (tertiary/aromatic N) is 1. The van der Waals surface area contributed by atoms with Crippen LogP contribution in [0.15, 0.2) is 48.5 Å². The second kappa shape index (κ2) is 11.5. The van der Waals surface area contributed by atoms with E-state index < -0.39 is 10.0 Å². The average molecular weight is 462 g/mol. The number of rotatable bonds is 11.